The Hall–Kier alpha value is -3.26. The third-order valence-electron chi connectivity index (χ3n) is 3.89. The fraction of sp³-hybridized carbons (Fsp3) is 0.111. The van der Waals surface area contributed by atoms with Crippen molar-refractivity contribution in [2.75, 3.05) is 5.32 Å². The number of pyridine rings is 2. The topological polar surface area (TPSA) is 92.9 Å². The summed E-state index contributed by atoms with van der Waals surface area (Å²) in [6.07, 6.45) is 3.14. The van der Waals surface area contributed by atoms with Gasteiger partial charge in [-0.3, -0.25) is 4.79 Å². The number of aryl methyl sites for hydroxylation is 1. The molecular weight excluding hydrogens is 350 g/mol. The Kier molecular flexibility index (Phi) is 4.10. The van der Waals surface area contributed by atoms with E-state index < -0.39 is 0 Å². The van der Waals surface area contributed by atoms with E-state index in [4.69, 9.17) is 0 Å². The molecule has 130 valence electrons. The van der Waals surface area contributed by atoms with Crippen LogP contribution in [0.2, 0.25) is 0 Å². The monoisotopic (exact) mass is 365 g/mol. The molecule has 4 aromatic rings. The van der Waals surface area contributed by atoms with Gasteiger partial charge in [-0.1, -0.05) is 6.07 Å². The van der Waals surface area contributed by atoms with Crippen molar-refractivity contribution in [3.05, 3.63) is 64.2 Å². The number of anilines is 1. The minimum atomic E-state index is -0.370. The van der Waals surface area contributed by atoms with E-state index in [1.807, 2.05) is 24.4 Å². The largest absolute Gasteiger partial charge is 0.504 e. The summed E-state index contributed by atoms with van der Waals surface area (Å²) in [6, 6.07) is 8.78. The summed E-state index contributed by atoms with van der Waals surface area (Å²) in [5.74, 6) is -0.340. The summed E-state index contributed by atoms with van der Waals surface area (Å²) in [4.78, 5) is 22.4. The van der Waals surface area contributed by atoms with Crippen molar-refractivity contribution in [1.29, 1.82) is 0 Å². The molecule has 26 heavy (non-hydrogen) atoms. The summed E-state index contributed by atoms with van der Waals surface area (Å²) in [5.41, 5.74) is 1.80. The maximum absolute atomic E-state index is 12.7. The van der Waals surface area contributed by atoms with Gasteiger partial charge in [0.1, 0.15) is 0 Å². The Morgan fingerprint density at radius 3 is 3.00 bits per heavy atom. The van der Waals surface area contributed by atoms with Gasteiger partial charge in [0.2, 0.25) is 0 Å². The van der Waals surface area contributed by atoms with Crippen molar-refractivity contribution in [2.45, 2.75) is 13.5 Å². The molecule has 8 heteroatoms. The van der Waals surface area contributed by atoms with Gasteiger partial charge in [-0.25, -0.2) is 14.6 Å². The van der Waals surface area contributed by atoms with Crippen molar-refractivity contribution >= 4 is 34.1 Å². The third-order valence-corrected chi connectivity index (χ3v) is 4.75. The number of aromatic hydroxyl groups is 1. The van der Waals surface area contributed by atoms with Crippen LogP contribution < -0.4 is 5.32 Å². The molecule has 0 aromatic carbocycles. The normalized spacial score (nSPS) is 11.0. The molecule has 1 amide bonds. The van der Waals surface area contributed by atoms with Gasteiger partial charge in [0.15, 0.2) is 17.2 Å². The second kappa shape index (κ2) is 6.57. The average Bonchev–Trinajstić information content (AvgIpc) is 3.27. The molecule has 4 rings (SSSR count). The number of carbonyl (C=O) groups excluding carboxylic acids is 1. The van der Waals surface area contributed by atoms with E-state index in [0.717, 1.165) is 4.88 Å². The van der Waals surface area contributed by atoms with Crippen LogP contribution in [0.3, 0.4) is 0 Å². The van der Waals surface area contributed by atoms with Crippen LogP contribution in [0, 0.1) is 6.92 Å². The van der Waals surface area contributed by atoms with Gasteiger partial charge in [0.25, 0.3) is 5.91 Å². The lowest BCUT2D eigenvalue weighted by Crippen LogP contribution is -2.14. The minimum absolute atomic E-state index is 0.0868. The quantitative estimate of drug-likeness (QED) is 0.579. The summed E-state index contributed by atoms with van der Waals surface area (Å²) < 4.78 is 1.78. The predicted octanol–water partition coefficient (Wildman–Crippen LogP) is 3.20. The molecule has 0 fully saturated rings. The van der Waals surface area contributed by atoms with E-state index in [1.54, 1.807) is 34.3 Å². The highest BCUT2D eigenvalue weighted by Crippen LogP contribution is 2.23. The molecule has 7 nitrogen and oxygen atoms in total. The van der Waals surface area contributed by atoms with Gasteiger partial charge in [0.05, 0.1) is 23.7 Å². The molecule has 0 spiro atoms. The van der Waals surface area contributed by atoms with Crippen LogP contribution >= 0.6 is 11.3 Å². The number of rotatable bonds is 4. The lowest BCUT2D eigenvalue weighted by molar-refractivity contribution is 0.102. The average molecular weight is 365 g/mol. The molecule has 0 aliphatic rings. The second-order valence-corrected chi connectivity index (χ2v) is 6.79. The lowest BCUT2D eigenvalue weighted by atomic mass is 10.1. The fourth-order valence-electron chi connectivity index (χ4n) is 2.69. The number of carbonyl (C=O) groups is 1. The number of nitrogens with one attached hydrogen (secondary N) is 1. The molecule has 4 heterocycles. The Balaban J connectivity index is 1.72. The first kappa shape index (κ1) is 16.2. The minimum Gasteiger partial charge on any atom is -0.504 e. The number of amides is 1. The van der Waals surface area contributed by atoms with Gasteiger partial charge in [0, 0.05) is 16.8 Å². The lowest BCUT2D eigenvalue weighted by Gasteiger charge is -2.08. The van der Waals surface area contributed by atoms with Crippen molar-refractivity contribution in [3.8, 4) is 5.75 Å². The van der Waals surface area contributed by atoms with Crippen molar-refractivity contribution in [3.63, 3.8) is 0 Å². The Morgan fingerprint density at radius 2 is 2.23 bits per heavy atom. The number of nitrogens with zero attached hydrogens (tertiary/aromatic N) is 4. The number of hydrogen-bond donors (Lipinski definition) is 2. The SMILES string of the molecule is Cc1cc(C(=O)Nc2ncccc2O)c2cnn(Cc3cccs3)c2n1. The highest BCUT2D eigenvalue weighted by Gasteiger charge is 2.17. The zero-order valence-electron chi connectivity index (χ0n) is 13.9. The fourth-order valence-corrected chi connectivity index (χ4v) is 3.38. The molecule has 0 atom stereocenters. The molecule has 0 radical (unpaired) electrons. The zero-order chi connectivity index (χ0) is 18.1. The maximum Gasteiger partial charge on any atom is 0.257 e. The van der Waals surface area contributed by atoms with Gasteiger partial charge in [-0.15, -0.1) is 11.3 Å². The Bertz CT molecular complexity index is 1090. The number of hydrogen-bond acceptors (Lipinski definition) is 6. The first-order chi connectivity index (χ1) is 12.6. The van der Waals surface area contributed by atoms with Crippen LogP contribution in [0.1, 0.15) is 20.9 Å². The Morgan fingerprint density at radius 1 is 1.35 bits per heavy atom. The summed E-state index contributed by atoms with van der Waals surface area (Å²) in [7, 11) is 0. The van der Waals surface area contributed by atoms with Crippen LogP contribution in [0.5, 0.6) is 5.75 Å². The number of thiophene rings is 1. The van der Waals surface area contributed by atoms with Gasteiger partial charge in [-0.05, 0) is 36.6 Å². The van der Waals surface area contributed by atoms with Crippen LogP contribution in [0.4, 0.5) is 5.82 Å². The van der Waals surface area contributed by atoms with Gasteiger partial charge in [-0.2, -0.15) is 5.10 Å². The van der Waals surface area contributed by atoms with Crippen LogP contribution in [-0.2, 0) is 6.54 Å². The first-order valence-corrected chi connectivity index (χ1v) is 8.80. The molecule has 0 unspecified atom stereocenters. The van der Waals surface area contributed by atoms with Crippen LogP contribution in [-0.4, -0.2) is 30.8 Å². The highest BCUT2D eigenvalue weighted by molar-refractivity contribution is 7.09. The maximum atomic E-state index is 12.7. The molecule has 0 bridgehead atoms. The Labute approximate surface area is 153 Å². The smallest absolute Gasteiger partial charge is 0.257 e. The zero-order valence-corrected chi connectivity index (χ0v) is 14.7. The summed E-state index contributed by atoms with van der Waals surface area (Å²) >= 11 is 1.64. The third kappa shape index (κ3) is 3.02. The number of fused-ring (bicyclic) bond motifs is 1. The van der Waals surface area contributed by atoms with E-state index in [1.165, 1.54) is 12.3 Å². The molecular formula is C18H15N5O2S. The van der Waals surface area contributed by atoms with E-state index in [2.05, 4.69) is 20.4 Å². The van der Waals surface area contributed by atoms with E-state index in [0.29, 0.717) is 28.8 Å². The molecule has 0 saturated heterocycles. The summed E-state index contributed by atoms with van der Waals surface area (Å²) in [6.45, 7) is 2.43. The van der Waals surface area contributed by atoms with Crippen molar-refractivity contribution < 1.29 is 9.90 Å². The van der Waals surface area contributed by atoms with Crippen LogP contribution in [0.15, 0.2) is 48.1 Å². The van der Waals surface area contributed by atoms with Gasteiger partial charge >= 0.3 is 0 Å². The molecule has 2 N–H and O–H groups in total. The predicted molar refractivity (Wildman–Crippen MR) is 99.5 cm³/mol. The molecule has 4 aromatic heterocycles. The second-order valence-electron chi connectivity index (χ2n) is 5.76. The van der Waals surface area contributed by atoms with Crippen molar-refractivity contribution in [1.82, 2.24) is 19.7 Å². The number of aromatic nitrogens is 4. The molecule has 0 aliphatic heterocycles. The van der Waals surface area contributed by atoms with Crippen molar-refractivity contribution in [2.24, 2.45) is 0 Å². The highest BCUT2D eigenvalue weighted by atomic mass is 32.1. The van der Waals surface area contributed by atoms with E-state index in [9.17, 15) is 9.90 Å². The van der Waals surface area contributed by atoms with Crippen LogP contribution in [0.25, 0.3) is 11.0 Å². The molecule has 0 saturated carbocycles. The first-order valence-electron chi connectivity index (χ1n) is 7.92. The molecule has 0 aliphatic carbocycles. The standard InChI is InChI=1S/C18H15N5O2S/c1-11-8-13(18(25)22-16-15(24)5-2-6-19-16)14-9-20-23(17(14)21-11)10-12-4-3-7-26-12/h2-9,24H,10H2,1H3,(H,19,22,25). The summed E-state index contributed by atoms with van der Waals surface area (Å²) in [5, 5.41) is 19.5. The van der Waals surface area contributed by atoms with E-state index in [-0.39, 0.29) is 17.5 Å². The van der Waals surface area contributed by atoms with E-state index >= 15 is 0 Å². The van der Waals surface area contributed by atoms with Gasteiger partial charge < -0.3 is 10.4 Å².